The lowest BCUT2D eigenvalue weighted by Gasteiger charge is -1.99. The molecule has 0 N–H and O–H groups in total. The average Bonchev–Trinajstić information content (AvgIpc) is 2.22. The van der Waals surface area contributed by atoms with Gasteiger partial charge < -0.3 is 0 Å². The number of nitriles is 1. The fourth-order valence-corrected chi connectivity index (χ4v) is 1.34. The number of nitrogens with zero attached hydrogens (tertiary/aromatic N) is 1. The van der Waals surface area contributed by atoms with E-state index < -0.39 is 0 Å². The van der Waals surface area contributed by atoms with Crippen molar-refractivity contribution >= 4 is 18.7 Å². The number of hydrogen-bond donors (Lipinski definition) is 1. The van der Waals surface area contributed by atoms with E-state index in [1.165, 1.54) is 6.07 Å². The largest absolute Gasteiger partial charge is 0.206 e. The molecule has 0 unspecified atom stereocenters. The van der Waals surface area contributed by atoms with Crippen LogP contribution in [-0.2, 0) is 6.42 Å². The second kappa shape index (κ2) is 6.26. The standard InChI is InChI=1S/C12H12FNS/c13-12-9-10(6-7-14)4-5-11(12)3-1-2-8-15/h1,3-5,9,15H,2,6,8H2. The van der Waals surface area contributed by atoms with Crippen LogP contribution in [0, 0.1) is 17.1 Å². The minimum Gasteiger partial charge on any atom is -0.206 e. The van der Waals surface area contributed by atoms with E-state index in [1.54, 1.807) is 18.2 Å². The Morgan fingerprint density at radius 2 is 2.27 bits per heavy atom. The van der Waals surface area contributed by atoms with E-state index in [1.807, 2.05) is 12.1 Å². The molecule has 0 saturated heterocycles. The molecule has 0 amide bonds. The third-order valence-corrected chi connectivity index (χ3v) is 2.20. The number of benzene rings is 1. The molecular formula is C12H12FNS. The van der Waals surface area contributed by atoms with Crippen LogP contribution in [0.3, 0.4) is 0 Å². The fourth-order valence-electron chi connectivity index (χ4n) is 1.19. The fraction of sp³-hybridized carbons (Fsp3) is 0.250. The van der Waals surface area contributed by atoms with Crippen molar-refractivity contribution < 1.29 is 4.39 Å². The smallest absolute Gasteiger partial charge is 0.130 e. The summed E-state index contributed by atoms with van der Waals surface area (Å²) in [6, 6.07) is 6.86. The van der Waals surface area contributed by atoms with Crippen molar-refractivity contribution in [3.05, 3.63) is 41.2 Å². The highest BCUT2D eigenvalue weighted by molar-refractivity contribution is 7.80. The first-order valence-corrected chi connectivity index (χ1v) is 5.34. The molecule has 0 aliphatic carbocycles. The van der Waals surface area contributed by atoms with E-state index in [0.29, 0.717) is 11.1 Å². The molecular weight excluding hydrogens is 209 g/mol. The second-order valence-corrected chi connectivity index (χ2v) is 3.55. The van der Waals surface area contributed by atoms with E-state index in [4.69, 9.17) is 5.26 Å². The Labute approximate surface area is 94.6 Å². The Kier molecular flexibility index (Phi) is 4.92. The number of allylic oxidation sites excluding steroid dienone is 1. The summed E-state index contributed by atoms with van der Waals surface area (Å²) < 4.78 is 13.4. The van der Waals surface area contributed by atoms with Crippen LogP contribution >= 0.6 is 12.6 Å². The van der Waals surface area contributed by atoms with Crippen molar-refractivity contribution in [3.63, 3.8) is 0 Å². The maximum Gasteiger partial charge on any atom is 0.130 e. The molecule has 3 heteroatoms. The molecule has 0 aliphatic heterocycles. The maximum atomic E-state index is 13.4. The van der Waals surface area contributed by atoms with Crippen LogP contribution in [0.4, 0.5) is 4.39 Å². The normalized spacial score (nSPS) is 10.5. The van der Waals surface area contributed by atoms with Crippen molar-refractivity contribution in [1.29, 1.82) is 5.26 Å². The molecule has 1 aromatic carbocycles. The zero-order valence-corrected chi connectivity index (χ0v) is 9.17. The van der Waals surface area contributed by atoms with Crippen LogP contribution in [0.5, 0.6) is 0 Å². The van der Waals surface area contributed by atoms with Crippen LogP contribution in [0.25, 0.3) is 6.08 Å². The van der Waals surface area contributed by atoms with Crippen molar-refractivity contribution in [1.82, 2.24) is 0 Å². The molecule has 0 aliphatic rings. The van der Waals surface area contributed by atoms with Crippen LogP contribution in [0.2, 0.25) is 0 Å². The summed E-state index contributed by atoms with van der Waals surface area (Å²) in [6.07, 6.45) is 4.69. The van der Waals surface area contributed by atoms with Gasteiger partial charge in [-0.1, -0.05) is 24.3 Å². The summed E-state index contributed by atoms with van der Waals surface area (Å²) in [4.78, 5) is 0. The predicted molar refractivity (Wildman–Crippen MR) is 63.2 cm³/mol. The summed E-state index contributed by atoms with van der Waals surface area (Å²) in [6.45, 7) is 0. The van der Waals surface area contributed by atoms with Gasteiger partial charge in [-0.05, 0) is 23.8 Å². The van der Waals surface area contributed by atoms with Crippen LogP contribution in [0.1, 0.15) is 17.5 Å². The number of thiol groups is 1. The topological polar surface area (TPSA) is 23.8 Å². The number of hydrogen-bond acceptors (Lipinski definition) is 2. The molecule has 1 aromatic rings. The molecule has 1 nitrogen and oxygen atoms in total. The average molecular weight is 221 g/mol. The molecule has 1 rings (SSSR count). The lowest BCUT2D eigenvalue weighted by atomic mass is 10.1. The Morgan fingerprint density at radius 1 is 1.47 bits per heavy atom. The van der Waals surface area contributed by atoms with E-state index in [0.717, 1.165) is 12.2 Å². The third-order valence-electron chi connectivity index (χ3n) is 1.94. The quantitative estimate of drug-likeness (QED) is 0.775. The summed E-state index contributed by atoms with van der Waals surface area (Å²) in [5.41, 5.74) is 1.26. The summed E-state index contributed by atoms with van der Waals surface area (Å²) in [5.74, 6) is 0.475. The lowest BCUT2D eigenvalue weighted by Crippen LogP contribution is -1.87. The molecule has 0 fully saturated rings. The van der Waals surface area contributed by atoms with Gasteiger partial charge in [-0.2, -0.15) is 17.9 Å². The summed E-state index contributed by atoms with van der Waals surface area (Å²) >= 11 is 4.06. The molecule has 15 heavy (non-hydrogen) atoms. The molecule has 0 atom stereocenters. The lowest BCUT2D eigenvalue weighted by molar-refractivity contribution is 0.623. The van der Waals surface area contributed by atoms with Crippen LogP contribution in [-0.4, -0.2) is 5.75 Å². The highest BCUT2D eigenvalue weighted by atomic mass is 32.1. The van der Waals surface area contributed by atoms with Gasteiger partial charge in [-0.25, -0.2) is 4.39 Å². The molecule has 0 spiro atoms. The summed E-state index contributed by atoms with van der Waals surface area (Å²) in [5, 5.41) is 8.46. The number of rotatable bonds is 4. The first-order chi connectivity index (χ1) is 7.27. The minimum absolute atomic E-state index is 0.248. The van der Waals surface area contributed by atoms with Crippen molar-refractivity contribution in [2.24, 2.45) is 0 Å². The highest BCUT2D eigenvalue weighted by Crippen LogP contribution is 2.12. The van der Waals surface area contributed by atoms with Gasteiger partial charge in [0.05, 0.1) is 12.5 Å². The van der Waals surface area contributed by atoms with Gasteiger partial charge in [0.2, 0.25) is 0 Å². The van der Waals surface area contributed by atoms with E-state index >= 15 is 0 Å². The van der Waals surface area contributed by atoms with Gasteiger partial charge in [0.15, 0.2) is 0 Å². The van der Waals surface area contributed by atoms with Crippen LogP contribution < -0.4 is 0 Å². The van der Waals surface area contributed by atoms with E-state index in [9.17, 15) is 4.39 Å². The Morgan fingerprint density at radius 3 is 2.87 bits per heavy atom. The third kappa shape index (κ3) is 3.77. The minimum atomic E-state index is -0.279. The maximum absolute atomic E-state index is 13.4. The van der Waals surface area contributed by atoms with E-state index in [-0.39, 0.29) is 12.2 Å². The molecule has 0 aromatic heterocycles. The Balaban J connectivity index is 2.79. The van der Waals surface area contributed by atoms with Gasteiger partial charge in [0, 0.05) is 5.56 Å². The predicted octanol–water partition coefficient (Wildman–Crippen LogP) is 3.22. The van der Waals surface area contributed by atoms with Gasteiger partial charge in [0.25, 0.3) is 0 Å². The summed E-state index contributed by atoms with van der Waals surface area (Å²) in [7, 11) is 0. The van der Waals surface area contributed by atoms with Crippen molar-refractivity contribution in [2.45, 2.75) is 12.8 Å². The molecule has 0 bridgehead atoms. The van der Waals surface area contributed by atoms with Gasteiger partial charge in [-0.15, -0.1) is 0 Å². The second-order valence-electron chi connectivity index (χ2n) is 3.11. The van der Waals surface area contributed by atoms with Crippen LogP contribution in [0.15, 0.2) is 24.3 Å². The van der Waals surface area contributed by atoms with Gasteiger partial charge in [-0.3, -0.25) is 0 Å². The Hall–Kier alpha value is -1.27. The van der Waals surface area contributed by atoms with E-state index in [2.05, 4.69) is 12.6 Å². The van der Waals surface area contributed by atoms with Crippen molar-refractivity contribution in [2.75, 3.05) is 5.75 Å². The monoisotopic (exact) mass is 221 g/mol. The molecule has 78 valence electrons. The highest BCUT2D eigenvalue weighted by Gasteiger charge is 1.99. The molecule has 0 heterocycles. The van der Waals surface area contributed by atoms with Crippen molar-refractivity contribution in [3.8, 4) is 6.07 Å². The Bertz CT molecular complexity index is 393. The first kappa shape index (κ1) is 11.8. The molecule has 0 radical (unpaired) electrons. The molecule has 0 saturated carbocycles. The van der Waals surface area contributed by atoms with Gasteiger partial charge in [0.1, 0.15) is 5.82 Å². The zero-order valence-electron chi connectivity index (χ0n) is 8.28. The SMILES string of the molecule is N#CCc1ccc(C=CCCS)c(F)c1. The van der Waals surface area contributed by atoms with Gasteiger partial charge >= 0.3 is 0 Å². The zero-order chi connectivity index (χ0) is 11.1. The first-order valence-electron chi connectivity index (χ1n) is 4.70. The number of halogens is 1.